The molecule has 0 spiro atoms. The van der Waals surface area contributed by atoms with Gasteiger partial charge in [0.25, 0.3) is 0 Å². The molecule has 0 radical (unpaired) electrons. The minimum Gasteiger partial charge on any atom is -0.379 e. The smallest absolute Gasteiger partial charge is 0.159 e. The van der Waals surface area contributed by atoms with Crippen LogP contribution in [0.15, 0.2) is 4.40 Å². The number of methoxy groups -OCH3 is 1. The van der Waals surface area contributed by atoms with Gasteiger partial charge in [0.2, 0.25) is 0 Å². The largest absolute Gasteiger partial charge is 0.379 e. The first-order valence-corrected chi connectivity index (χ1v) is 10.8. The summed E-state index contributed by atoms with van der Waals surface area (Å²) in [5, 5.41) is 0. The molecule has 5 nitrogen and oxygen atoms in total. The lowest BCUT2D eigenvalue weighted by Crippen LogP contribution is -2.50. The van der Waals surface area contributed by atoms with Crippen molar-refractivity contribution in [2.75, 3.05) is 20.0 Å². The molecule has 0 bridgehead atoms. The molecule has 2 saturated heterocycles. The van der Waals surface area contributed by atoms with Gasteiger partial charge in [-0.2, -0.15) is 0 Å². The maximum absolute atomic E-state index is 6.18. The van der Waals surface area contributed by atoms with E-state index in [4.69, 9.17) is 18.9 Å². The van der Waals surface area contributed by atoms with Crippen LogP contribution >= 0.6 is 11.9 Å². The minimum absolute atomic E-state index is 0.00740. The molecule has 6 atom stereocenters. The van der Waals surface area contributed by atoms with Crippen LogP contribution in [0.25, 0.3) is 0 Å². The van der Waals surface area contributed by atoms with E-state index in [-0.39, 0.29) is 30.7 Å². The monoisotopic (exact) mass is 377 g/mol. The van der Waals surface area contributed by atoms with Crippen LogP contribution in [0.2, 0.25) is 0 Å². The Morgan fingerprint density at radius 3 is 2.28 bits per heavy atom. The Kier molecular flexibility index (Phi) is 13.9. The van der Waals surface area contributed by atoms with Gasteiger partial charge in [0.05, 0.1) is 24.0 Å². The van der Waals surface area contributed by atoms with Crippen molar-refractivity contribution in [2.45, 2.75) is 92.0 Å². The summed E-state index contributed by atoms with van der Waals surface area (Å²) in [6, 6.07) is 0. The lowest BCUT2D eigenvalue weighted by molar-refractivity contribution is -0.251. The quantitative estimate of drug-likeness (QED) is 0.662. The van der Waals surface area contributed by atoms with E-state index in [9.17, 15) is 0 Å². The zero-order chi connectivity index (χ0) is 19.4. The second kappa shape index (κ2) is 14.0. The molecule has 2 heterocycles. The number of nitrogens with zero attached hydrogens (tertiary/aromatic N) is 1. The molecule has 0 amide bonds. The zero-order valence-electron chi connectivity index (χ0n) is 17.6. The van der Waals surface area contributed by atoms with E-state index in [2.05, 4.69) is 11.3 Å². The van der Waals surface area contributed by atoms with E-state index in [1.54, 1.807) is 7.11 Å². The van der Waals surface area contributed by atoms with Crippen molar-refractivity contribution >= 4 is 17.7 Å². The zero-order valence-corrected chi connectivity index (χ0v) is 18.4. The predicted octanol–water partition coefficient (Wildman–Crippen LogP) is 4.74. The fourth-order valence-electron chi connectivity index (χ4n) is 3.08. The van der Waals surface area contributed by atoms with Crippen molar-refractivity contribution in [1.29, 1.82) is 0 Å². The van der Waals surface area contributed by atoms with Crippen LogP contribution < -0.4 is 0 Å². The van der Waals surface area contributed by atoms with Gasteiger partial charge < -0.3 is 18.9 Å². The van der Waals surface area contributed by atoms with Crippen molar-refractivity contribution in [3.05, 3.63) is 0 Å². The molecule has 6 heteroatoms. The standard InChI is InChI=1S/C15H27NO4S.2C2H6/c1-9-8-13(19-10(2)14(9)16-21-5)20-15-11(3)18-7-6-12(15)17-4;2*1-2/h9-13,15H,6-8H2,1-5H3;2*1-2H3/b16-14-;;/t9?,10?,11?,12?,13-,15-;;/m0../s1. The van der Waals surface area contributed by atoms with Crippen LogP contribution in [-0.2, 0) is 18.9 Å². The Labute approximate surface area is 159 Å². The molecular formula is C19H39NO4S. The highest BCUT2D eigenvalue weighted by molar-refractivity contribution is 7.97. The van der Waals surface area contributed by atoms with Crippen molar-refractivity contribution in [3.63, 3.8) is 0 Å². The van der Waals surface area contributed by atoms with Gasteiger partial charge in [-0.15, -0.1) is 0 Å². The molecule has 150 valence electrons. The SMILES string of the molecule is CC.CC.COC1CCOC(C)[C@@H]1O[C@H]1CC(C)/C(=N/SC)C(C)O1. The molecule has 2 aliphatic heterocycles. The number of hydrogen-bond acceptors (Lipinski definition) is 6. The first-order chi connectivity index (χ1) is 12.1. The lowest BCUT2D eigenvalue weighted by atomic mass is 9.94. The molecule has 2 fully saturated rings. The Balaban J connectivity index is 0.00000134. The molecule has 0 aromatic carbocycles. The molecule has 0 saturated carbocycles. The third kappa shape index (κ3) is 7.55. The minimum atomic E-state index is -0.220. The van der Waals surface area contributed by atoms with Crippen LogP contribution in [0.3, 0.4) is 0 Å². The second-order valence-electron chi connectivity index (χ2n) is 5.78. The highest BCUT2D eigenvalue weighted by Crippen LogP contribution is 2.29. The summed E-state index contributed by atoms with van der Waals surface area (Å²) >= 11 is 1.48. The van der Waals surface area contributed by atoms with Crippen LogP contribution in [0.4, 0.5) is 0 Å². The summed E-state index contributed by atoms with van der Waals surface area (Å²) in [4.78, 5) is 0. The summed E-state index contributed by atoms with van der Waals surface area (Å²) in [5.74, 6) is 0.368. The van der Waals surface area contributed by atoms with E-state index in [0.29, 0.717) is 5.92 Å². The van der Waals surface area contributed by atoms with E-state index < -0.39 is 0 Å². The van der Waals surface area contributed by atoms with Gasteiger partial charge in [0.1, 0.15) is 6.10 Å². The Bertz CT molecular complexity index is 353. The predicted molar refractivity (Wildman–Crippen MR) is 107 cm³/mol. The third-order valence-electron chi connectivity index (χ3n) is 4.24. The highest BCUT2D eigenvalue weighted by Gasteiger charge is 2.38. The van der Waals surface area contributed by atoms with Gasteiger partial charge >= 0.3 is 0 Å². The molecule has 0 aliphatic carbocycles. The van der Waals surface area contributed by atoms with E-state index in [1.807, 2.05) is 47.8 Å². The van der Waals surface area contributed by atoms with Crippen molar-refractivity contribution in [3.8, 4) is 0 Å². The van der Waals surface area contributed by atoms with E-state index >= 15 is 0 Å². The van der Waals surface area contributed by atoms with Gasteiger partial charge in [-0.3, -0.25) is 0 Å². The van der Waals surface area contributed by atoms with E-state index in [0.717, 1.165) is 25.2 Å². The second-order valence-corrected chi connectivity index (χ2v) is 6.33. The maximum atomic E-state index is 6.18. The van der Waals surface area contributed by atoms with Crippen LogP contribution in [0.5, 0.6) is 0 Å². The van der Waals surface area contributed by atoms with Crippen LogP contribution in [0, 0.1) is 5.92 Å². The molecule has 0 aromatic rings. The summed E-state index contributed by atoms with van der Waals surface area (Å²) in [5.41, 5.74) is 1.11. The molecule has 25 heavy (non-hydrogen) atoms. The summed E-state index contributed by atoms with van der Waals surface area (Å²) in [7, 11) is 1.73. The third-order valence-corrected chi connectivity index (χ3v) is 4.64. The molecule has 0 aromatic heterocycles. The fraction of sp³-hybridized carbons (Fsp3) is 0.947. The molecule has 0 N–H and O–H groups in total. The molecule has 4 unspecified atom stereocenters. The summed E-state index contributed by atoms with van der Waals surface area (Å²) in [6.45, 7) is 15.0. The van der Waals surface area contributed by atoms with Gasteiger partial charge in [-0.05, 0) is 32.2 Å². The van der Waals surface area contributed by atoms with Crippen molar-refractivity contribution < 1.29 is 18.9 Å². The first kappa shape index (κ1) is 24.9. The van der Waals surface area contributed by atoms with Gasteiger partial charge in [0, 0.05) is 32.3 Å². The average molecular weight is 378 g/mol. The van der Waals surface area contributed by atoms with Gasteiger partial charge in [0.15, 0.2) is 6.29 Å². The Morgan fingerprint density at radius 1 is 1.12 bits per heavy atom. The van der Waals surface area contributed by atoms with Gasteiger partial charge in [-0.25, -0.2) is 4.40 Å². The highest BCUT2D eigenvalue weighted by atomic mass is 32.2. The first-order valence-electron chi connectivity index (χ1n) is 9.63. The van der Waals surface area contributed by atoms with E-state index in [1.165, 1.54) is 11.9 Å². The summed E-state index contributed by atoms with van der Waals surface area (Å²) < 4.78 is 27.9. The van der Waals surface area contributed by atoms with Crippen molar-refractivity contribution in [1.82, 2.24) is 0 Å². The Morgan fingerprint density at radius 2 is 1.76 bits per heavy atom. The van der Waals surface area contributed by atoms with Crippen molar-refractivity contribution in [2.24, 2.45) is 10.3 Å². The van der Waals surface area contributed by atoms with Crippen LogP contribution in [-0.4, -0.2) is 56.4 Å². The molecule has 2 rings (SSSR count). The molecule has 2 aliphatic rings. The maximum Gasteiger partial charge on any atom is 0.159 e. The normalized spacial score (nSPS) is 36.8. The lowest BCUT2D eigenvalue weighted by Gasteiger charge is -2.40. The Hall–Kier alpha value is -0.140. The number of rotatable bonds is 4. The average Bonchev–Trinajstić information content (AvgIpc) is 2.63. The molecular weight excluding hydrogens is 338 g/mol. The van der Waals surface area contributed by atoms with Gasteiger partial charge in [-0.1, -0.05) is 34.6 Å². The number of ether oxygens (including phenoxy) is 4. The topological polar surface area (TPSA) is 49.3 Å². The fourth-order valence-corrected chi connectivity index (χ4v) is 3.62. The van der Waals surface area contributed by atoms with Crippen LogP contribution in [0.1, 0.15) is 61.3 Å². The summed E-state index contributed by atoms with van der Waals surface area (Å²) in [6.07, 6.45) is 3.45. The number of hydrogen-bond donors (Lipinski definition) is 0.